The number of likely N-dealkylation sites (tertiary alicyclic amines) is 1. The van der Waals surface area contributed by atoms with Crippen LogP contribution in [0, 0.1) is 12.8 Å². The molecular formula is C19H23NO4. The maximum Gasteiger partial charge on any atom is 0.310 e. The molecule has 1 aromatic carbocycles. The van der Waals surface area contributed by atoms with Gasteiger partial charge in [0.25, 0.3) is 5.91 Å². The zero-order valence-corrected chi connectivity index (χ0v) is 14.2. The predicted molar refractivity (Wildman–Crippen MR) is 90.6 cm³/mol. The first-order valence-electron chi connectivity index (χ1n) is 8.43. The maximum absolute atomic E-state index is 12.1. The van der Waals surface area contributed by atoms with Gasteiger partial charge < -0.3 is 14.1 Å². The second-order valence-electron chi connectivity index (χ2n) is 6.69. The van der Waals surface area contributed by atoms with Gasteiger partial charge in [0.15, 0.2) is 6.61 Å². The Labute approximate surface area is 141 Å². The fourth-order valence-electron chi connectivity index (χ4n) is 3.18. The molecule has 0 spiro atoms. The fourth-order valence-corrected chi connectivity index (χ4v) is 3.18. The molecular weight excluding hydrogens is 306 g/mol. The molecule has 0 bridgehead atoms. The number of esters is 1. The van der Waals surface area contributed by atoms with E-state index in [1.165, 1.54) is 0 Å². The van der Waals surface area contributed by atoms with E-state index in [0.717, 1.165) is 48.0 Å². The van der Waals surface area contributed by atoms with Gasteiger partial charge in [-0.2, -0.15) is 0 Å². The van der Waals surface area contributed by atoms with Crippen molar-refractivity contribution in [1.29, 1.82) is 0 Å². The summed E-state index contributed by atoms with van der Waals surface area (Å²) in [4.78, 5) is 26.0. The molecule has 0 aliphatic carbocycles. The van der Waals surface area contributed by atoms with Crippen molar-refractivity contribution in [3.05, 3.63) is 35.6 Å². The molecule has 1 aromatic heterocycles. The van der Waals surface area contributed by atoms with Crippen molar-refractivity contribution in [2.24, 2.45) is 5.92 Å². The number of amides is 1. The summed E-state index contributed by atoms with van der Waals surface area (Å²) < 4.78 is 10.6. The summed E-state index contributed by atoms with van der Waals surface area (Å²) in [5.41, 5.74) is 2.65. The molecule has 3 rings (SSSR count). The molecule has 24 heavy (non-hydrogen) atoms. The lowest BCUT2D eigenvalue weighted by Crippen LogP contribution is -2.41. The smallest absolute Gasteiger partial charge is 0.310 e. The molecule has 128 valence electrons. The van der Waals surface area contributed by atoms with Crippen LogP contribution in [-0.2, 0) is 20.7 Å². The molecule has 1 unspecified atom stereocenters. The Morgan fingerprint density at radius 3 is 3.00 bits per heavy atom. The number of rotatable bonds is 4. The van der Waals surface area contributed by atoms with E-state index >= 15 is 0 Å². The van der Waals surface area contributed by atoms with Gasteiger partial charge in [0, 0.05) is 24.0 Å². The van der Waals surface area contributed by atoms with Crippen LogP contribution >= 0.6 is 0 Å². The van der Waals surface area contributed by atoms with E-state index in [4.69, 9.17) is 9.15 Å². The highest BCUT2D eigenvalue weighted by Gasteiger charge is 2.22. The summed E-state index contributed by atoms with van der Waals surface area (Å²) in [6.45, 7) is 5.45. The van der Waals surface area contributed by atoms with E-state index in [9.17, 15) is 9.59 Å². The molecule has 1 saturated heterocycles. The number of hydrogen-bond donors (Lipinski definition) is 0. The fraction of sp³-hybridized carbons (Fsp3) is 0.474. The monoisotopic (exact) mass is 329 g/mol. The van der Waals surface area contributed by atoms with E-state index in [-0.39, 0.29) is 18.9 Å². The zero-order chi connectivity index (χ0) is 17.1. The lowest BCUT2D eigenvalue weighted by atomic mass is 10.0. The number of piperidine rings is 1. The quantitative estimate of drug-likeness (QED) is 0.809. The predicted octanol–water partition coefficient (Wildman–Crippen LogP) is 3.09. The average molecular weight is 329 g/mol. The zero-order valence-electron chi connectivity index (χ0n) is 14.2. The number of ether oxygens (including phenoxy) is 1. The Balaban J connectivity index is 1.54. The molecule has 0 N–H and O–H groups in total. The number of aryl methyl sites for hydroxylation is 1. The number of carbonyl (C=O) groups excluding carboxylic acids is 2. The molecule has 1 aliphatic rings. The number of hydrogen-bond acceptors (Lipinski definition) is 4. The first kappa shape index (κ1) is 16.6. The van der Waals surface area contributed by atoms with Gasteiger partial charge in [0.2, 0.25) is 0 Å². The maximum atomic E-state index is 12.1. The second kappa shape index (κ2) is 7.07. The van der Waals surface area contributed by atoms with Crippen LogP contribution < -0.4 is 0 Å². The molecule has 0 radical (unpaired) electrons. The van der Waals surface area contributed by atoms with Crippen LogP contribution in [0.4, 0.5) is 0 Å². The molecule has 1 atom stereocenters. The number of benzene rings is 1. The van der Waals surface area contributed by atoms with E-state index < -0.39 is 5.97 Å². The molecule has 2 aromatic rings. The Bertz CT molecular complexity index is 749. The SMILES string of the molecule is Cc1ccc2c(CC(=O)OCC(=O)N3CCCC(C)C3)coc2c1. The third-order valence-corrected chi connectivity index (χ3v) is 4.51. The van der Waals surface area contributed by atoms with Crippen LogP contribution in [0.25, 0.3) is 11.0 Å². The summed E-state index contributed by atoms with van der Waals surface area (Å²) >= 11 is 0. The lowest BCUT2D eigenvalue weighted by molar-refractivity contribution is -0.152. The Morgan fingerprint density at radius 1 is 1.38 bits per heavy atom. The van der Waals surface area contributed by atoms with Crippen LogP contribution in [0.5, 0.6) is 0 Å². The van der Waals surface area contributed by atoms with Gasteiger partial charge in [0.1, 0.15) is 5.58 Å². The molecule has 1 aliphatic heterocycles. The Kier molecular flexibility index (Phi) is 4.88. The van der Waals surface area contributed by atoms with Gasteiger partial charge in [-0.1, -0.05) is 19.1 Å². The summed E-state index contributed by atoms with van der Waals surface area (Å²) in [5, 5.41) is 0.911. The number of carbonyl (C=O) groups is 2. The third-order valence-electron chi connectivity index (χ3n) is 4.51. The highest BCUT2D eigenvalue weighted by Crippen LogP contribution is 2.23. The standard InChI is InChI=1S/C19H23NO4/c1-13-5-6-16-15(11-23-17(16)8-13)9-19(22)24-12-18(21)20-7-3-4-14(2)10-20/h5-6,8,11,14H,3-4,7,9-10,12H2,1-2H3. The van der Waals surface area contributed by atoms with E-state index in [2.05, 4.69) is 6.92 Å². The summed E-state index contributed by atoms with van der Waals surface area (Å²) in [7, 11) is 0. The molecule has 2 heterocycles. The Hall–Kier alpha value is -2.30. The van der Waals surface area contributed by atoms with Crippen LogP contribution in [0.3, 0.4) is 0 Å². The summed E-state index contributed by atoms with van der Waals surface area (Å²) in [6, 6.07) is 5.86. The molecule has 5 nitrogen and oxygen atoms in total. The number of fused-ring (bicyclic) bond motifs is 1. The van der Waals surface area contributed by atoms with E-state index in [1.807, 2.05) is 25.1 Å². The van der Waals surface area contributed by atoms with Gasteiger partial charge in [-0.25, -0.2) is 0 Å². The lowest BCUT2D eigenvalue weighted by Gasteiger charge is -2.30. The Morgan fingerprint density at radius 2 is 2.21 bits per heavy atom. The molecule has 1 fully saturated rings. The normalized spacial score (nSPS) is 17.9. The minimum absolute atomic E-state index is 0.109. The van der Waals surface area contributed by atoms with E-state index in [0.29, 0.717) is 5.92 Å². The van der Waals surface area contributed by atoms with Gasteiger partial charge in [0.05, 0.1) is 12.7 Å². The average Bonchev–Trinajstić information content (AvgIpc) is 2.94. The van der Waals surface area contributed by atoms with Gasteiger partial charge in [-0.15, -0.1) is 0 Å². The van der Waals surface area contributed by atoms with Crippen LogP contribution in [0.2, 0.25) is 0 Å². The van der Waals surface area contributed by atoms with Crippen LogP contribution in [-0.4, -0.2) is 36.5 Å². The van der Waals surface area contributed by atoms with E-state index in [1.54, 1.807) is 11.2 Å². The van der Waals surface area contributed by atoms with Crippen molar-refractivity contribution < 1.29 is 18.7 Å². The van der Waals surface area contributed by atoms with Crippen molar-refractivity contribution in [1.82, 2.24) is 4.90 Å². The van der Waals surface area contributed by atoms with Crippen molar-refractivity contribution in [2.75, 3.05) is 19.7 Å². The van der Waals surface area contributed by atoms with Crippen molar-refractivity contribution >= 4 is 22.8 Å². The highest BCUT2D eigenvalue weighted by molar-refractivity contribution is 5.87. The largest absolute Gasteiger partial charge is 0.464 e. The third kappa shape index (κ3) is 3.78. The van der Waals surface area contributed by atoms with Crippen LogP contribution in [0.1, 0.15) is 30.9 Å². The second-order valence-corrected chi connectivity index (χ2v) is 6.69. The number of furan rings is 1. The summed E-state index contributed by atoms with van der Waals surface area (Å²) in [5.74, 6) is -0.00147. The van der Waals surface area contributed by atoms with Crippen molar-refractivity contribution in [3.63, 3.8) is 0 Å². The molecule has 5 heteroatoms. The minimum atomic E-state index is -0.406. The molecule has 0 saturated carbocycles. The number of nitrogens with zero attached hydrogens (tertiary/aromatic N) is 1. The first-order chi connectivity index (χ1) is 11.5. The topological polar surface area (TPSA) is 59.8 Å². The summed E-state index contributed by atoms with van der Waals surface area (Å²) in [6.07, 6.45) is 3.86. The van der Waals surface area contributed by atoms with Gasteiger partial charge >= 0.3 is 5.97 Å². The van der Waals surface area contributed by atoms with Gasteiger partial charge in [-0.05, 0) is 37.3 Å². The molecule has 1 amide bonds. The van der Waals surface area contributed by atoms with Crippen molar-refractivity contribution in [3.8, 4) is 0 Å². The van der Waals surface area contributed by atoms with Crippen molar-refractivity contribution in [2.45, 2.75) is 33.1 Å². The van der Waals surface area contributed by atoms with Crippen LogP contribution in [0.15, 0.2) is 28.9 Å². The van der Waals surface area contributed by atoms with Gasteiger partial charge in [-0.3, -0.25) is 9.59 Å². The first-order valence-corrected chi connectivity index (χ1v) is 8.43. The highest BCUT2D eigenvalue weighted by atomic mass is 16.5. The minimum Gasteiger partial charge on any atom is -0.464 e.